The molecule has 2 aliphatic rings. The lowest BCUT2D eigenvalue weighted by molar-refractivity contribution is -0.126. The molecular weight excluding hydrogens is 394 g/mol. The average Bonchev–Trinajstić information content (AvgIpc) is 3.18. The second kappa shape index (κ2) is 9.67. The first-order valence-corrected chi connectivity index (χ1v) is 11.9. The number of fused-ring (bicyclic) bond motifs is 1. The summed E-state index contributed by atoms with van der Waals surface area (Å²) < 4.78 is 0. The van der Waals surface area contributed by atoms with Gasteiger partial charge in [-0.2, -0.15) is 0 Å². The summed E-state index contributed by atoms with van der Waals surface area (Å²) in [5.41, 5.74) is 3.76. The van der Waals surface area contributed by atoms with Crippen LogP contribution < -0.4 is 10.2 Å². The lowest BCUT2D eigenvalue weighted by Crippen LogP contribution is -2.36. The topological polar surface area (TPSA) is 52.7 Å². The van der Waals surface area contributed by atoms with E-state index in [2.05, 4.69) is 34.5 Å². The normalized spacial score (nSPS) is 19.0. The van der Waals surface area contributed by atoms with Gasteiger partial charge in [0.05, 0.1) is 5.92 Å². The van der Waals surface area contributed by atoms with E-state index in [9.17, 15) is 9.59 Å². The van der Waals surface area contributed by atoms with Crippen LogP contribution in [-0.4, -0.2) is 49.1 Å². The van der Waals surface area contributed by atoms with E-state index in [4.69, 9.17) is 0 Å². The predicted octanol–water partition coefficient (Wildman–Crippen LogP) is 3.33. The van der Waals surface area contributed by atoms with Crippen LogP contribution in [0.3, 0.4) is 0 Å². The number of nitrogens with zero attached hydrogens (tertiary/aromatic N) is 2. The molecule has 1 fully saturated rings. The number of rotatable bonds is 7. The van der Waals surface area contributed by atoms with Crippen LogP contribution >= 0.6 is 11.8 Å². The molecule has 1 N–H and O–H groups in total. The summed E-state index contributed by atoms with van der Waals surface area (Å²) in [6.07, 6.45) is 4.33. The molecule has 5 nitrogen and oxygen atoms in total. The largest absolute Gasteiger partial charge is 0.356 e. The Morgan fingerprint density at radius 1 is 1.17 bits per heavy atom. The van der Waals surface area contributed by atoms with Crippen LogP contribution in [0.4, 0.5) is 5.69 Å². The predicted molar refractivity (Wildman–Crippen MR) is 122 cm³/mol. The molecule has 0 saturated carbocycles. The Labute approximate surface area is 182 Å². The molecule has 0 aromatic heterocycles. The van der Waals surface area contributed by atoms with Crippen LogP contribution in [0.1, 0.15) is 24.0 Å². The third-order valence-corrected chi connectivity index (χ3v) is 6.75. The highest BCUT2D eigenvalue weighted by molar-refractivity contribution is 7.98. The first kappa shape index (κ1) is 20.9. The molecule has 4 rings (SSSR count). The van der Waals surface area contributed by atoms with Crippen molar-refractivity contribution < 1.29 is 9.59 Å². The maximum atomic E-state index is 12.6. The van der Waals surface area contributed by atoms with Crippen LogP contribution in [0, 0.1) is 5.92 Å². The molecule has 1 saturated heterocycles. The van der Waals surface area contributed by atoms with Crippen LogP contribution in [-0.2, 0) is 22.6 Å². The molecule has 6 heteroatoms. The van der Waals surface area contributed by atoms with Crippen LogP contribution in [0.15, 0.2) is 53.4 Å². The summed E-state index contributed by atoms with van der Waals surface area (Å²) in [4.78, 5) is 30.4. The second-order valence-electron chi connectivity index (χ2n) is 8.05. The zero-order chi connectivity index (χ0) is 20.9. The van der Waals surface area contributed by atoms with Crippen molar-refractivity contribution >= 4 is 29.3 Å². The number of thioether (sulfide) groups is 1. The molecule has 2 aromatic carbocycles. The van der Waals surface area contributed by atoms with Gasteiger partial charge in [-0.3, -0.25) is 14.5 Å². The molecule has 2 aliphatic heterocycles. The van der Waals surface area contributed by atoms with Gasteiger partial charge in [-0.25, -0.2) is 0 Å². The van der Waals surface area contributed by atoms with Gasteiger partial charge in [-0.05, 0) is 48.4 Å². The maximum absolute atomic E-state index is 12.6. The Balaban J connectivity index is 1.22. The highest BCUT2D eigenvalue weighted by Gasteiger charge is 2.35. The minimum Gasteiger partial charge on any atom is -0.356 e. The van der Waals surface area contributed by atoms with Gasteiger partial charge < -0.3 is 10.2 Å². The highest BCUT2D eigenvalue weighted by Crippen LogP contribution is 2.28. The first-order valence-electron chi connectivity index (χ1n) is 10.7. The van der Waals surface area contributed by atoms with Gasteiger partial charge in [0.15, 0.2) is 0 Å². The molecule has 30 heavy (non-hydrogen) atoms. The van der Waals surface area contributed by atoms with E-state index in [0.717, 1.165) is 43.1 Å². The summed E-state index contributed by atoms with van der Waals surface area (Å²) in [6.45, 7) is 4.17. The number of hydrogen-bond donors (Lipinski definition) is 1. The van der Waals surface area contributed by atoms with Gasteiger partial charge in [0.2, 0.25) is 11.8 Å². The molecule has 0 spiro atoms. The zero-order valence-corrected chi connectivity index (χ0v) is 18.3. The van der Waals surface area contributed by atoms with Crippen molar-refractivity contribution in [3.8, 4) is 0 Å². The van der Waals surface area contributed by atoms with Gasteiger partial charge in [0, 0.05) is 49.7 Å². The van der Waals surface area contributed by atoms with Crippen molar-refractivity contribution in [2.45, 2.75) is 30.7 Å². The van der Waals surface area contributed by atoms with E-state index in [1.165, 1.54) is 11.1 Å². The molecule has 2 amide bonds. The number of hydrogen-bond acceptors (Lipinski definition) is 4. The summed E-state index contributed by atoms with van der Waals surface area (Å²) in [5, 5.41) is 3.05. The molecule has 0 bridgehead atoms. The van der Waals surface area contributed by atoms with Crippen molar-refractivity contribution in [2.24, 2.45) is 5.92 Å². The second-order valence-corrected chi connectivity index (χ2v) is 8.93. The monoisotopic (exact) mass is 423 g/mol. The summed E-state index contributed by atoms with van der Waals surface area (Å²) >= 11 is 1.65. The Bertz CT molecular complexity index is 917. The van der Waals surface area contributed by atoms with E-state index >= 15 is 0 Å². The van der Waals surface area contributed by atoms with Gasteiger partial charge in [0.1, 0.15) is 0 Å². The molecular formula is C24H29N3O2S. The van der Waals surface area contributed by atoms with E-state index in [1.807, 2.05) is 30.5 Å². The van der Waals surface area contributed by atoms with E-state index in [1.54, 1.807) is 16.7 Å². The fourth-order valence-corrected chi connectivity index (χ4v) is 4.77. The quantitative estimate of drug-likeness (QED) is 0.548. The van der Waals surface area contributed by atoms with Gasteiger partial charge >= 0.3 is 0 Å². The van der Waals surface area contributed by atoms with Crippen molar-refractivity contribution in [3.05, 3.63) is 59.7 Å². The smallest absolute Gasteiger partial charge is 0.227 e. The van der Waals surface area contributed by atoms with Gasteiger partial charge in [-0.15, -0.1) is 11.8 Å². The molecule has 0 unspecified atom stereocenters. The molecule has 0 radical (unpaired) electrons. The van der Waals surface area contributed by atoms with Crippen LogP contribution in [0.25, 0.3) is 0 Å². The summed E-state index contributed by atoms with van der Waals surface area (Å²) in [7, 11) is 0. The molecule has 0 aliphatic carbocycles. The Morgan fingerprint density at radius 3 is 2.83 bits per heavy atom. The van der Waals surface area contributed by atoms with Gasteiger partial charge in [-0.1, -0.05) is 30.3 Å². The SMILES string of the molecule is CSc1cccc(N2C[C@@H](C(=O)NCCCN3CCc4ccccc4C3)CC2=O)c1. The minimum absolute atomic E-state index is 0.00383. The van der Waals surface area contributed by atoms with E-state index in [-0.39, 0.29) is 24.2 Å². The Kier molecular flexibility index (Phi) is 6.75. The lowest BCUT2D eigenvalue weighted by Gasteiger charge is -2.28. The molecule has 2 heterocycles. The van der Waals surface area contributed by atoms with E-state index < -0.39 is 0 Å². The Morgan fingerprint density at radius 2 is 2.00 bits per heavy atom. The third-order valence-electron chi connectivity index (χ3n) is 6.02. The summed E-state index contributed by atoms with van der Waals surface area (Å²) in [5.74, 6) is -0.242. The fraction of sp³-hybridized carbons (Fsp3) is 0.417. The Hall–Kier alpha value is -2.31. The number of benzene rings is 2. The van der Waals surface area contributed by atoms with Crippen LogP contribution in [0.5, 0.6) is 0 Å². The first-order chi connectivity index (χ1) is 14.6. The fourth-order valence-electron chi connectivity index (χ4n) is 4.31. The average molecular weight is 424 g/mol. The maximum Gasteiger partial charge on any atom is 0.227 e. The van der Waals surface area contributed by atoms with Crippen molar-refractivity contribution in [1.29, 1.82) is 0 Å². The molecule has 1 atom stereocenters. The number of amides is 2. The van der Waals surface area contributed by atoms with Crippen molar-refractivity contribution in [3.63, 3.8) is 0 Å². The van der Waals surface area contributed by atoms with Crippen LogP contribution in [0.2, 0.25) is 0 Å². The summed E-state index contributed by atoms with van der Waals surface area (Å²) in [6, 6.07) is 16.6. The standard InChI is InChI=1S/C24H29N3O2S/c1-30-22-9-4-8-21(15-22)27-17-20(14-23(27)28)24(29)25-11-5-12-26-13-10-18-6-2-3-7-19(18)16-26/h2-4,6-9,15,20H,5,10-14,16-17H2,1H3,(H,25,29)/t20-/m0/s1. The van der Waals surface area contributed by atoms with Crippen molar-refractivity contribution in [2.75, 3.05) is 37.3 Å². The van der Waals surface area contributed by atoms with Crippen molar-refractivity contribution in [1.82, 2.24) is 10.2 Å². The highest BCUT2D eigenvalue weighted by atomic mass is 32.2. The third kappa shape index (κ3) is 4.87. The lowest BCUT2D eigenvalue weighted by atomic mass is 10.00. The number of anilines is 1. The number of nitrogens with one attached hydrogen (secondary N) is 1. The van der Waals surface area contributed by atoms with Gasteiger partial charge in [0.25, 0.3) is 0 Å². The number of carbonyl (C=O) groups excluding carboxylic acids is 2. The van der Waals surface area contributed by atoms with E-state index in [0.29, 0.717) is 13.1 Å². The molecule has 158 valence electrons. The molecule has 2 aromatic rings. The minimum atomic E-state index is -0.266. The zero-order valence-electron chi connectivity index (χ0n) is 17.5. The number of carbonyl (C=O) groups is 2.